The number of benzene rings is 1. The van der Waals surface area contributed by atoms with Gasteiger partial charge < -0.3 is 14.9 Å². The number of hydrogen-bond acceptors (Lipinski definition) is 5. The number of fused-ring (bicyclic) bond motifs is 3. The number of aliphatic hydroxyl groups excluding tert-OH is 1. The molecule has 1 aliphatic carbocycles. The van der Waals surface area contributed by atoms with Crippen molar-refractivity contribution in [3.05, 3.63) is 58.9 Å². The zero-order valence-electron chi connectivity index (χ0n) is 17.6. The third kappa shape index (κ3) is 3.38. The number of carbonyl (C=O) groups is 1. The second-order valence-electron chi connectivity index (χ2n) is 8.47. The van der Waals surface area contributed by atoms with E-state index >= 15 is 0 Å². The lowest BCUT2D eigenvalue weighted by atomic mass is 10.0. The molecule has 0 spiro atoms. The fourth-order valence-corrected chi connectivity index (χ4v) is 6.02. The molecule has 1 saturated heterocycles. The highest BCUT2D eigenvalue weighted by atomic mass is 32.2. The molecule has 5 rings (SSSR count). The van der Waals surface area contributed by atoms with E-state index in [4.69, 9.17) is 0 Å². The molecule has 2 aliphatic heterocycles. The standard InChI is InChI=1S/C23H27N3O4S/c1-2-31(29,30)26-21-7-6-16(23(28)24-11-8-18(27)9-12-24)14-19(21)20-15-25(13-10-22(20)26)17-4-3-5-17/h3-7,14,18,27H,2,8-13,15H2,1H3. The smallest absolute Gasteiger partial charge is 0.253 e. The molecule has 1 aromatic carbocycles. The lowest BCUT2D eigenvalue weighted by Crippen LogP contribution is -2.40. The maximum Gasteiger partial charge on any atom is 0.253 e. The first-order valence-electron chi connectivity index (χ1n) is 10.9. The Kier molecular flexibility index (Phi) is 4.94. The van der Waals surface area contributed by atoms with Crippen LogP contribution in [0.3, 0.4) is 0 Å². The molecule has 2 aromatic rings. The van der Waals surface area contributed by atoms with Gasteiger partial charge in [0.25, 0.3) is 5.91 Å². The summed E-state index contributed by atoms with van der Waals surface area (Å²) in [5, 5.41) is 10.6. The zero-order chi connectivity index (χ0) is 21.8. The summed E-state index contributed by atoms with van der Waals surface area (Å²) in [5.41, 5.74) is 4.20. The van der Waals surface area contributed by atoms with Gasteiger partial charge in [0, 0.05) is 60.5 Å². The summed E-state index contributed by atoms with van der Waals surface area (Å²) in [6.45, 7) is 4.13. The van der Waals surface area contributed by atoms with Crippen molar-refractivity contribution in [2.24, 2.45) is 0 Å². The summed E-state index contributed by atoms with van der Waals surface area (Å²) in [5.74, 6) is -0.0385. The Labute approximate surface area is 182 Å². The van der Waals surface area contributed by atoms with E-state index in [1.807, 2.05) is 12.1 Å². The number of aliphatic hydroxyl groups is 1. The quantitative estimate of drug-likeness (QED) is 0.787. The average Bonchev–Trinajstić information content (AvgIpc) is 3.06. The van der Waals surface area contributed by atoms with Gasteiger partial charge in [-0.1, -0.05) is 6.08 Å². The predicted octanol–water partition coefficient (Wildman–Crippen LogP) is 2.25. The Balaban J connectivity index is 1.59. The van der Waals surface area contributed by atoms with Gasteiger partial charge in [-0.3, -0.25) is 4.79 Å². The molecule has 3 heterocycles. The van der Waals surface area contributed by atoms with Crippen LogP contribution in [0.4, 0.5) is 0 Å². The number of allylic oxidation sites excluding steroid dienone is 3. The van der Waals surface area contributed by atoms with E-state index < -0.39 is 10.0 Å². The van der Waals surface area contributed by atoms with Gasteiger partial charge in [-0.15, -0.1) is 0 Å². The number of aromatic nitrogens is 1. The van der Waals surface area contributed by atoms with E-state index in [-0.39, 0.29) is 17.8 Å². The molecular formula is C23H27N3O4S. The van der Waals surface area contributed by atoms with Crippen LogP contribution < -0.4 is 0 Å². The van der Waals surface area contributed by atoms with Gasteiger partial charge in [0.1, 0.15) is 0 Å². The molecular weight excluding hydrogens is 414 g/mol. The van der Waals surface area contributed by atoms with E-state index in [9.17, 15) is 18.3 Å². The normalized spacial score (nSPS) is 19.4. The monoisotopic (exact) mass is 441 g/mol. The summed E-state index contributed by atoms with van der Waals surface area (Å²) in [6.07, 6.45) is 7.61. The van der Waals surface area contributed by atoms with Gasteiger partial charge in [-0.05, 0) is 50.1 Å². The summed E-state index contributed by atoms with van der Waals surface area (Å²) in [4.78, 5) is 17.1. The van der Waals surface area contributed by atoms with Crippen molar-refractivity contribution in [2.45, 2.75) is 38.8 Å². The number of hydrogen-bond donors (Lipinski definition) is 1. The van der Waals surface area contributed by atoms with Crippen LogP contribution in [0.25, 0.3) is 10.9 Å². The topological polar surface area (TPSA) is 82.8 Å². The lowest BCUT2D eigenvalue weighted by Gasteiger charge is -2.32. The van der Waals surface area contributed by atoms with Crippen molar-refractivity contribution in [2.75, 3.05) is 25.4 Å². The maximum atomic E-state index is 13.1. The van der Waals surface area contributed by atoms with Crippen LogP contribution in [-0.2, 0) is 23.0 Å². The Hall–Kier alpha value is -2.58. The van der Waals surface area contributed by atoms with E-state index in [1.165, 1.54) is 3.97 Å². The molecule has 0 saturated carbocycles. The second kappa shape index (κ2) is 7.53. The predicted molar refractivity (Wildman–Crippen MR) is 119 cm³/mol. The van der Waals surface area contributed by atoms with Gasteiger partial charge in [0.2, 0.25) is 10.0 Å². The van der Waals surface area contributed by atoms with Crippen molar-refractivity contribution in [1.29, 1.82) is 0 Å². The molecule has 31 heavy (non-hydrogen) atoms. The van der Waals surface area contributed by atoms with Crippen LogP contribution in [0.15, 0.2) is 42.1 Å². The highest BCUT2D eigenvalue weighted by Gasteiger charge is 2.30. The Morgan fingerprint density at radius 3 is 2.58 bits per heavy atom. The van der Waals surface area contributed by atoms with Gasteiger partial charge in [0.15, 0.2) is 0 Å². The molecule has 0 atom stereocenters. The van der Waals surface area contributed by atoms with Gasteiger partial charge in [-0.2, -0.15) is 0 Å². The molecule has 0 bridgehead atoms. The Bertz CT molecular complexity index is 1220. The van der Waals surface area contributed by atoms with Crippen LogP contribution in [0, 0.1) is 0 Å². The van der Waals surface area contributed by atoms with E-state index in [1.54, 1.807) is 24.0 Å². The highest BCUT2D eigenvalue weighted by Crippen LogP contribution is 2.35. The van der Waals surface area contributed by atoms with Crippen LogP contribution in [0.2, 0.25) is 0 Å². The minimum Gasteiger partial charge on any atom is -0.393 e. The largest absolute Gasteiger partial charge is 0.393 e. The minimum atomic E-state index is -3.47. The fraction of sp³-hybridized carbons (Fsp3) is 0.435. The molecule has 1 amide bonds. The lowest BCUT2D eigenvalue weighted by molar-refractivity contribution is 0.0546. The Morgan fingerprint density at radius 1 is 1.19 bits per heavy atom. The van der Waals surface area contributed by atoms with Crippen molar-refractivity contribution in [3.63, 3.8) is 0 Å². The molecule has 164 valence electrons. The van der Waals surface area contributed by atoms with Crippen LogP contribution in [0.1, 0.15) is 41.4 Å². The van der Waals surface area contributed by atoms with Gasteiger partial charge in [0.05, 0.1) is 17.4 Å². The van der Waals surface area contributed by atoms with Crippen molar-refractivity contribution < 1.29 is 18.3 Å². The molecule has 1 fully saturated rings. The molecule has 1 aromatic heterocycles. The number of likely N-dealkylation sites (tertiary alicyclic amines) is 1. The number of piperidine rings is 1. The number of nitrogens with zero attached hydrogens (tertiary/aromatic N) is 3. The maximum absolute atomic E-state index is 13.1. The third-order valence-electron chi connectivity index (χ3n) is 6.64. The number of rotatable bonds is 4. The van der Waals surface area contributed by atoms with Crippen LogP contribution in [0.5, 0.6) is 0 Å². The average molecular weight is 442 g/mol. The summed E-state index contributed by atoms with van der Waals surface area (Å²) < 4.78 is 27.4. The number of amides is 1. The van der Waals surface area contributed by atoms with Gasteiger partial charge in [-0.25, -0.2) is 12.4 Å². The summed E-state index contributed by atoms with van der Waals surface area (Å²) >= 11 is 0. The van der Waals surface area contributed by atoms with Crippen molar-refractivity contribution in [3.8, 4) is 0 Å². The Morgan fingerprint density at radius 2 is 1.94 bits per heavy atom. The SMILES string of the molecule is CCS(=O)(=O)n1c2c(c3cc(C(=O)N4CCC(O)CC4)ccc31)CN(C1=CC=C1)CC2. The van der Waals surface area contributed by atoms with Gasteiger partial charge >= 0.3 is 0 Å². The fourth-order valence-electron chi connectivity index (χ4n) is 4.76. The van der Waals surface area contributed by atoms with Crippen LogP contribution >= 0.6 is 0 Å². The number of carbonyl (C=O) groups excluding carboxylic acids is 1. The van der Waals surface area contributed by atoms with Crippen molar-refractivity contribution in [1.82, 2.24) is 13.8 Å². The molecule has 7 nitrogen and oxygen atoms in total. The first-order valence-corrected chi connectivity index (χ1v) is 12.5. The van der Waals surface area contributed by atoms with E-state index in [0.717, 1.165) is 28.9 Å². The summed E-state index contributed by atoms with van der Waals surface area (Å²) in [7, 11) is -3.47. The molecule has 1 N–H and O–H groups in total. The van der Waals surface area contributed by atoms with Crippen molar-refractivity contribution >= 4 is 26.8 Å². The van der Waals surface area contributed by atoms with E-state index in [0.29, 0.717) is 50.0 Å². The minimum absolute atomic E-state index is 0.0254. The summed E-state index contributed by atoms with van der Waals surface area (Å²) in [6, 6.07) is 5.37. The van der Waals surface area contributed by atoms with Crippen LogP contribution in [-0.4, -0.2) is 64.7 Å². The van der Waals surface area contributed by atoms with E-state index in [2.05, 4.69) is 17.1 Å². The molecule has 0 unspecified atom stereocenters. The second-order valence-corrected chi connectivity index (χ2v) is 10.6. The molecule has 0 radical (unpaired) electrons. The molecule has 3 aliphatic rings. The zero-order valence-corrected chi connectivity index (χ0v) is 18.4. The molecule has 8 heteroatoms. The highest BCUT2D eigenvalue weighted by molar-refractivity contribution is 7.90. The third-order valence-corrected chi connectivity index (χ3v) is 8.35. The first kappa shape index (κ1) is 20.3. The first-order chi connectivity index (χ1) is 14.9.